The van der Waals surface area contributed by atoms with Crippen LogP contribution in [0.2, 0.25) is 0 Å². The molecule has 0 amide bonds. The fraction of sp³-hybridized carbons (Fsp3) is 0.800. The average molecular weight is 211 g/mol. The van der Waals surface area contributed by atoms with Gasteiger partial charge in [0.2, 0.25) is 0 Å². The third-order valence-corrected chi connectivity index (χ3v) is 3.93. The molecule has 0 bridgehead atoms. The largest absolute Gasteiger partial charge is 0.324 e. The smallest absolute Gasteiger partial charge is 0.131 e. The molecule has 1 aromatic rings. The molecule has 1 aliphatic carbocycles. The lowest BCUT2D eigenvalue weighted by Gasteiger charge is -2.05. The number of hydrogen-bond acceptors (Lipinski definition) is 4. The summed E-state index contributed by atoms with van der Waals surface area (Å²) in [6.07, 6.45) is 8.08. The van der Waals surface area contributed by atoms with Gasteiger partial charge in [-0.3, -0.25) is 0 Å². The maximum absolute atomic E-state index is 5.49. The molecule has 4 heteroatoms. The van der Waals surface area contributed by atoms with Crippen molar-refractivity contribution in [3.8, 4) is 0 Å². The summed E-state index contributed by atoms with van der Waals surface area (Å²) in [5.41, 5.74) is 5.49. The zero-order chi connectivity index (χ0) is 9.80. The molecule has 1 heterocycles. The second kappa shape index (κ2) is 4.84. The molecule has 14 heavy (non-hydrogen) atoms. The first kappa shape index (κ1) is 10.1. The number of rotatable bonds is 4. The Balaban J connectivity index is 1.79. The molecule has 1 aromatic heterocycles. The van der Waals surface area contributed by atoms with Crippen molar-refractivity contribution in [1.82, 2.24) is 10.2 Å². The van der Waals surface area contributed by atoms with Gasteiger partial charge in [0.1, 0.15) is 10.0 Å². The summed E-state index contributed by atoms with van der Waals surface area (Å²) in [6, 6.07) is 0. The van der Waals surface area contributed by atoms with Crippen molar-refractivity contribution < 1.29 is 0 Å². The van der Waals surface area contributed by atoms with Crippen molar-refractivity contribution in [2.24, 2.45) is 11.7 Å². The molecule has 0 atom stereocenters. The van der Waals surface area contributed by atoms with Crippen molar-refractivity contribution in [2.75, 3.05) is 0 Å². The van der Waals surface area contributed by atoms with Gasteiger partial charge in [0.15, 0.2) is 0 Å². The van der Waals surface area contributed by atoms with Crippen molar-refractivity contribution in [3.05, 3.63) is 10.0 Å². The van der Waals surface area contributed by atoms with Crippen LogP contribution in [0, 0.1) is 5.92 Å². The fourth-order valence-corrected chi connectivity index (χ4v) is 2.84. The van der Waals surface area contributed by atoms with Crippen LogP contribution in [0.15, 0.2) is 0 Å². The molecular formula is C10H17N3S. The van der Waals surface area contributed by atoms with Gasteiger partial charge in [0, 0.05) is 13.0 Å². The summed E-state index contributed by atoms with van der Waals surface area (Å²) in [5, 5.41) is 10.3. The molecule has 78 valence electrons. The molecular weight excluding hydrogens is 194 g/mol. The standard InChI is InChI=1S/C10H17N3S/c11-7-10-13-12-9(14-10)6-5-8-3-1-2-4-8/h8H,1-7,11H2. The van der Waals surface area contributed by atoms with Gasteiger partial charge in [-0.15, -0.1) is 21.5 Å². The lowest BCUT2D eigenvalue weighted by Crippen LogP contribution is -1.95. The molecule has 0 aromatic carbocycles. The third kappa shape index (κ3) is 2.51. The molecule has 2 N–H and O–H groups in total. The topological polar surface area (TPSA) is 51.8 Å². The number of aryl methyl sites for hydroxylation is 1. The van der Waals surface area contributed by atoms with E-state index in [1.165, 1.54) is 32.1 Å². The van der Waals surface area contributed by atoms with E-state index in [2.05, 4.69) is 10.2 Å². The van der Waals surface area contributed by atoms with Crippen molar-refractivity contribution in [2.45, 2.75) is 45.1 Å². The second-order valence-electron chi connectivity index (χ2n) is 3.98. The van der Waals surface area contributed by atoms with E-state index in [1.54, 1.807) is 11.3 Å². The van der Waals surface area contributed by atoms with Crippen LogP contribution >= 0.6 is 11.3 Å². The highest BCUT2D eigenvalue weighted by Crippen LogP contribution is 2.28. The summed E-state index contributed by atoms with van der Waals surface area (Å²) >= 11 is 1.67. The number of nitrogens with two attached hydrogens (primary N) is 1. The fourth-order valence-electron chi connectivity index (χ4n) is 2.10. The van der Waals surface area contributed by atoms with E-state index in [4.69, 9.17) is 5.73 Å². The second-order valence-corrected chi connectivity index (χ2v) is 5.13. The molecule has 3 nitrogen and oxygen atoms in total. The highest BCUT2D eigenvalue weighted by Gasteiger charge is 2.15. The van der Waals surface area contributed by atoms with Crippen LogP contribution in [-0.2, 0) is 13.0 Å². The SMILES string of the molecule is NCc1nnc(CCC2CCCC2)s1. The van der Waals surface area contributed by atoms with E-state index in [0.29, 0.717) is 6.54 Å². The number of hydrogen-bond donors (Lipinski definition) is 1. The lowest BCUT2D eigenvalue weighted by atomic mass is 10.0. The first-order chi connectivity index (χ1) is 6.88. The molecule has 0 unspecified atom stereocenters. The Bertz CT molecular complexity index is 279. The normalized spacial score (nSPS) is 17.8. The first-order valence-electron chi connectivity index (χ1n) is 5.40. The Labute approximate surface area is 88.7 Å². The summed E-state index contributed by atoms with van der Waals surface area (Å²) in [6.45, 7) is 0.529. The monoisotopic (exact) mass is 211 g/mol. The van der Waals surface area contributed by atoms with Gasteiger partial charge in [-0.25, -0.2) is 0 Å². The van der Waals surface area contributed by atoms with Gasteiger partial charge in [0.05, 0.1) is 0 Å². The Morgan fingerprint density at radius 1 is 1.21 bits per heavy atom. The third-order valence-electron chi connectivity index (χ3n) is 2.92. The molecule has 2 rings (SSSR count). The number of aromatic nitrogens is 2. The van der Waals surface area contributed by atoms with E-state index in [0.717, 1.165) is 22.4 Å². The van der Waals surface area contributed by atoms with E-state index < -0.39 is 0 Å². The van der Waals surface area contributed by atoms with Gasteiger partial charge in [-0.1, -0.05) is 25.7 Å². The molecule has 0 spiro atoms. The van der Waals surface area contributed by atoms with Gasteiger partial charge < -0.3 is 5.73 Å². The minimum absolute atomic E-state index is 0.529. The molecule has 1 fully saturated rings. The van der Waals surface area contributed by atoms with Crippen LogP contribution in [-0.4, -0.2) is 10.2 Å². The van der Waals surface area contributed by atoms with Crippen LogP contribution in [0.25, 0.3) is 0 Å². The van der Waals surface area contributed by atoms with E-state index >= 15 is 0 Å². The van der Waals surface area contributed by atoms with E-state index in [-0.39, 0.29) is 0 Å². The summed E-state index contributed by atoms with van der Waals surface area (Å²) < 4.78 is 0. The predicted molar refractivity (Wildman–Crippen MR) is 58.1 cm³/mol. The van der Waals surface area contributed by atoms with Crippen LogP contribution < -0.4 is 5.73 Å². The van der Waals surface area contributed by atoms with Gasteiger partial charge in [0.25, 0.3) is 0 Å². The maximum atomic E-state index is 5.49. The summed E-state index contributed by atoms with van der Waals surface area (Å²) in [4.78, 5) is 0. The van der Waals surface area contributed by atoms with E-state index in [9.17, 15) is 0 Å². The Morgan fingerprint density at radius 3 is 2.57 bits per heavy atom. The molecule has 0 radical (unpaired) electrons. The van der Waals surface area contributed by atoms with Gasteiger partial charge in [-0.2, -0.15) is 0 Å². The molecule has 0 saturated heterocycles. The Hall–Kier alpha value is -0.480. The van der Waals surface area contributed by atoms with Gasteiger partial charge in [-0.05, 0) is 12.3 Å². The summed E-state index contributed by atoms with van der Waals surface area (Å²) in [7, 11) is 0. The van der Waals surface area contributed by atoms with Crippen molar-refractivity contribution >= 4 is 11.3 Å². The highest BCUT2D eigenvalue weighted by molar-refractivity contribution is 7.11. The van der Waals surface area contributed by atoms with Crippen LogP contribution in [0.1, 0.15) is 42.1 Å². The average Bonchev–Trinajstić information content (AvgIpc) is 2.86. The minimum atomic E-state index is 0.529. The van der Waals surface area contributed by atoms with Crippen LogP contribution in [0.5, 0.6) is 0 Å². The predicted octanol–water partition coefficient (Wildman–Crippen LogP) is 2.12. The molecule has 1 aliphatic rings. The quantitative estimate of drug-likeness (QED) is 0.830. The summed E-state index contributed by atoms with van der Waals surface area (Å²) in [5.74, 6) is 0.945. The zero-order valence-electron chi connectivity index (χ0n) is 8.41. The van der Waals surface area contributed by atoms with Crippen molar-refractivity contribution in [1.29, 1.82) is 0 Å². The number of nitrogens with zero attached hydrogens (tertiary/aromatic N) is 2. The lowest BCUT2D eigenvalue weighted by molar-refractivity contribution is 0.502. The first-order valence-corrected chi connectivity index (χ1v) is 6.21. The Kier molecular flexibility index (Phi) is 3.48. The van der Waals surface area contributed by atoms with Gasteiger partial charge >= 0.3 is 0 Å². The minimum Gasteiger partial charge on any atom is -0.324 e. The Morgan fingerprint density at radius 2 is 1.93 bits per heavy atom. The van der Waals surface area contributed by atoms with Crippen LogP contribution in [0.4, 0.5) is 0 Å². The van der Waals surface area contributed by atoms with Crippen LogP contribution in [0.3, 0.4) is 0 Å². The van der Waals surface area contributed by atoms with Crippen molar-refractivity contribution in [3.63, 3.8) is 0 Å². The maximum Gasteiger partial charge on any atom is 0.131 e. The zero-order valence-corrected chi connectivity index (χ0v) is 9.22. The van der Waals surface area contributed by atoms with E-state index in [1.807, 2.05) is 0 Å². The highest BCUT2D eigenvalue weighted by atomic mass is 32.1. The molecule has 0 aliphatic heterocycles. The molecule has 1 saturated carbocycles.